The van der Waals surface area contributed by atoms with Gasteiger partial charge in [0.2, 0.25) is 10.0 Å². The summed E-state index contributed by atoms with van der Waals surface area (Å²) < 4.78 is 32.9. The number of thiophene rings is 1. The molecule has 0 amide bonds. The van der Waals surface area contributed by atoms with Gasteiger partial charge in [0, 0.05) is 0 Å². The first-order chi connectivity index (χ1) is 9.96. The molecule has 0 saturated carbocycles. The van der Waals surface area contributed by atoms with Crippen molar-refractivity contribution in [1.82, 2.24) is 4.72 Å². The number of carbonyl (C=O) groups is 1. The van der Waals surface area contributed by atoms with Gasteiger partial charge in [-0.15, -0.1) is 11.3 Å². The molecule has 7 heteroatoms. The van der Waals surface area contributed by atoms with E-state index in [2.05, 4.69) is 4.72 Å². The molecule has 0 bridgehead atoms. The molecule has 5 nitrogen and oxygen atoms in total. The standard InChI is InChI=1S/C14H21NO4S2/c1-3-7-14(8-4-2)11(10-19-13(14)16)15-21(17,18)12-6-5-9-20-12/h5-6,9,11,15H,3-4,7-8,10H2,1-2H3/t11-/m1/s1. The highest BCUT2D eigenvalue weighted by Crippen LogP contribution is 2.40. The predicted octanol–water partition coefficient (Wildman–Crippen LogP) is 2.54. The third-order valence-electron chi connectivity index (χ3n) is 3.90. The first-order valence-corrected chi connectivity index (χ1v) is 9.55. The van der Waals surface area contributed by atoms with Crippen molar-refractivity contribution in [2.45, 2.75) is 49.8 Å². The molecule has 1 fully saturated rings. The van der Waals surface area contributed by atoms with Crippen LogP contribution in [-0.4, -0.2) is 27.0 Å². The SMILES string of the molecule is CCCC1(CCC)C(=O)OC[C@H]1NS(=O)(=O)c1cccs1. The van der Waals surface area contributed by atoms with Crippen molar-refractivity contribution in [1.29, 1.82) is 0 Å². The summed E-state index contributed by atoms with van der Waals surface area (Å²) in [5.41, 5.74) is -0.728. The van der Waals surface area contributed by atoms with Crippen LogP contribution in [-0.2, 0) is 19.6 Å². The Balaban J connectivity index is 2.27. The average molecular weight is 331 g/mol. The van der Waals surface area contributed by atoms with Crippen molar-refractivity contribution in [3.05, 3.63) is 17.5 Å². The summed E-state index contributed by atoms with van der Waals surface area (Å²) in [6, 6.07) is 2.77. The Morgan fingerprint density at radius 3 is 2.57 bits per heavy atom. The van der Waals surface area contributed by atoms with Gasteiger partial charge >= 0.3 is 5.97 Å². The Labute approximate surface area is 129 Å². The summed E-state index contributed by atoms with van der Waals surface area (Å²) in [6.45, 7) is 4.10. The molecule has 0 radical (unpaired) electrons. The molecule has 0 spiro atoms. The van der Waals surface area contributed by atoms with Crippen molar-refractivity contribution in [3.63, 3.8) is 0 Å². The first-order valence-electron chi connectivity index (χ1n) is 7.19. The summed E-state index contributed by atoms with van der Waals surface area (Å²) in [5.74, 6) is -0.273. The van der Waals surface area contributed by atoms with Crippen LogP contribution in [0, 0.1) is 5.41 Å². The van der Waals surface area contributed by atoms with Crippen molar-refractivity contribution < 1.29 is 17.9 Å². The van der Waals surface area contributed by atoms with Crippen LogP contribution in [0.4, 0.5) is 0 Å². The predicted molar refractivity (Wildman–Crippen MR) is 81.6 cm³/mol. The zero-order valence-corrected chi connectivity index (χ0v) is 13.9. The highest BCUT2D eigenvalue weighted by Gasteiger charge is 2.52. The van der Waals surface area contributed by atoms with E-state index in [0.717, 1.165) is 24.2 Å². The Morgan fingerprint density at radius 2 is 2.05 bits per heavy atom. The van der Waals surface area contributed by atoms with Crippen LogP contribution in [0.15, 0.2) is 21.7 Å². The number of hydrogen-bond acceptors (Lipinski definition) is 5. The van der Waals surface area contributed by atoms with Gasteiger partial charge in [-0.2, -0.15) is 0 Å². The average Bonchev–Trinajstić information content (AvgIpc) is 3.04. The number of ether oxygens (including phenoxy) is 1. The van der Waals surface area contributed by atoms with Gasteiger partial charge in [-0.3, -0.25) is 4.79 Å². The topological polar surface area (TPSA) is 72.5 Å². The second-order valence-corrected chi connectivity index (χ2v) is 8.25. The summed E-state index contributed by atoms with van der Waals surface area (Å²) in [4.78, 5) is 12.2. The van der Waals surface area contributed by atoms with Gasteiger partial charge in [0.05, 0.1) is 11.5 Å². The number of nitrogens with one attached hydrogen (secondary N) is 1. The molecular formula is C14H21NO4S2. The molecule has 2 rings (SSSR count). The highest BCUT2D eigenvalue weighted by atomic mass is 32.2. The third-order valence-corrected chi connectivity index (χ3v) is 6.77. The molecule has 1 aromatic rings. The lowest BCUT2D eigenvalue weighted by atomic mass is 9.75. The maximum atomic E-state index is 12.4. The minimum Gasteiger partial charge on any atom is -0.463 e. The third kappa shape index (κ3) is 3.14. The Bertz CT molecular complexity index is 574. The normalized spacial score (nSPS) is 21.4. The van der Waals surface area contributed by atoms with Gasteiger partial charge in [-0.25, -0.2) is 13.1 Å². The molecule has 0 unspecified atom stereocenters. The fourth-order valence-corrected chi connectivity index (χ4v) is 5.29. The van der Waals surface area contributed by atoms with E-state index in [0.29, 0.717) is 12.8 Å². The van der Waals surface area contributed by atoms with Crippen LogP contribution in [0.1, 0.15) is 39.5 Å². The van der Waals surface area contributed by atoms with Crippen LogP contribution in [0.3, 0.4) is 0 Å². The number of rotatable bonds is 7. The van der Waals surface area contributed by atoms with E-state index in [1.165, 1.54) is 0 Å². The largest absolute Gasteiger partial charge is 0.463 e. The van der Waals surface area contributed by atoms with E-state index in [4.69, 9.17) is 4.74 Å². The molecule has 2 heterocycles. The summed E-state index contributed by atoms with van der Waals surface area (Å²) in [6.07, 6.45) is 2.90. The first kappa shape index (κ1) is 16.5. The zero-order chi connectivity index (χ0) is 15.5. The summed E-state index contributed by atoms with van der Waals surface area (Å²) in [7, 11) is -3.60. The maximum absolute atomic E-state index is 12.4. The van der Waals surface area contributed by atoms with Gasteiger partial charge in [-0.1, -0.05) is 32.8 Å². The van der Waals surface area contributed by atoms with E-state index in [9.17, 15) is 13.2 Å². The molecule has 1 aliphatic rings. The molecule has 1 atom stereocenters. The minimum atomic E-state index is -3.60. The fourth-order valence-electron chi connectivity index (χ4n) is 2.98. The number of esters is 1. The van der Waals surface area contributed by atoms with Gasteiger partial charge in [-0.05, 0) is 24.3 Å². The lowest BCUT2D eigenvalue weighted by Crippen LogP contribution is -2.48. The number of cyclic esters (lactones) is 1. The van der Waals surface area contributed by atoms with Gasteiger partial charge in [0.15, 0.2) is 0 Å². The lowest BCUT2D eigenvalue weighted by molar-refractivity contribution is -0.147. The molecule has 0 aromatic carbocycles. The molecule has 21 heavy (non-hydrogen) atoms. The molecule has 1 aliphatic heterocycles. The van der Waals surface area contributed by atoms with Crippen molar-refractivity contribution >= 4 is 27.3 Å². The molecular weight excluding hydrogens is 310 g/mol. The van der Waals surface area contributed by atoms with E-state index in [1.54, 1.807) is 17.5 Å². The van der Waals surface area contributed by atoms with Gasteiger partial charge in [0.1, 0.15) is 10.8 Å². The van der Waals surface area contributed by atoms with Gasteiger partial charge in [0.25, 0.3) is 0 Å². The van der Waals surface area contributed by atoms with Crippen LogP contribution in [0.25, 0.3) is 0 Å². The molecule has 1 aromatic heterocycles. The Morgan fingerprint density at radius 1 is 1.38 bits per heavy atom. The van der Waals surface area contributed by atoms with Crippen LogP contribution >= 0.6 is 11.3 Å². The van der Waals surface area contributed by atoms with Crippen LogP contribution < -0.4 is 4.72 Å². The highest BCUT2D eigenvalue weighted by molar-refractivity contribution is 7.91. The van der Waals surface area contributed by atoms with E-state index in [-0.39, 0.29) is 16.8 Å². The zero-order valence-electron chi connectivity index (χ0n) is 12.3. The van der Waals surface area contributed by atoms with Crippen molar-refractivity contribution in [2.75, 3.05) is 6.61 Å². The Kier molecular flexibility index (Phi) is 5.06. The number of hydrogen-bond donors (Lipinski definition) is 1. The van der Waals surface area contributed by atoms with E-state index in [1.807, 2.05) is 13.8 Å². The number of carbonyl (C=O) groups excluding carboxylic acids is 1. The lowest BCUT2D eigenvalue weighted by Gasteiger charge is -2.30. The quantitative estimate of drug-likeness (QED) is 0.779. The summed E-state index contributed by atoms with van der Waals surface area (Å²) >= 11 is 1.16. The molecule has 1 N–H and O–H groups in total. The monoisotopic (exact) mass is 331 g/mol. The fraction of sp³-hybridized carbons (Fsp3) is 0.643. The van der Waals surface area contributed by atoms with Crippen LogP contribution in [0.2, 0.25) is 0 Å². The van der Waals surface area contributed by atoms with Crippen molar-refractivity contribution in [3.8, 4) is 0 Å². The van der Waals surface area contributed by atoms with E-state index >= 15 is 0 Å². The smallest absolute Gasteiger partial charge is 0.313 e. The van der Waals surface area contributed by atoms with Crippen molar-refractivity contribution in [2.24, 2.45) is 5.41 Å². The van der Waals surface area contributed by atoms with E-state index < -0.39 is 21.5 Å². The number of sulfonamides is 1. The minimum absolute atomic E-state index is 0.115. The second kappa shape index (κ2) is 6.46. The molecule has 118 valence electrons. The second-order valence-electron chi connectivity index (χ2n) is 5.36. The molecule has 1 saturated heterocycles. The Hall–Kier alpha value is -0.920. The van der Waals surface area contributed by atoms with Crippen LogP contribution in [0.5, 0.6) is 0 Å². The van der Waals surface area contributed by atoms with Gasteiger partial charge < -0.3 is 4.74 Å². The molecule has 0 aliphatic carbocycles. The maximum Gasteiger partial charge on any atom is 0.313 e. The summed E-state index contributed by atoms with van der Waals surface area (Å²) in [5, 5.41) is 1.72.